The number of carbonyl (C=O) groups is 1. The Kier molecular flexibility index (Phi) is 3.81. The highest BCUT2D eigenvalue weighted by atomic mass is 35.5. The number of piperidine rings is 1. The van der Waals surface area contributed by atoms with Crippen molar-refractivity contribution in [2.75, 3.05) is 13.1 Å². The number of hydrogen-bond acceptors (Lipinski definition) is 4. The van der Waals surface area contributed by atoms with Crippen LogP contribution in [0.25, 0.3) is 11.4 Å². The molecule has 0 unspecified atom stereocenters. The van der Waals surface area contributed by atoms with E-state index in [4.69, 9.17) is 16.1 Å². The second kappa shape index (κ2) is 5.96. The van der Waals surface area contributed by atoms with Crippen LogP contribution >= 0.6 is 11.6 Å². The molecule has 0 N–H and O–H groups in total. The van der Waals surface area contributed by atoms with Crippen molar-refractivity contribution in [2.45, 2.75) is 31.6 Å². The first-order valence-electron chi connectivity index (χ1n) is 8.09. The van der Waals surface area contributed by atoms with Gasteiger partial charge in [-0.2, -0.15) is 4.98 Å². The number of hydrogen-bond donors (Lipinski definition) is 0. The Morgan fingerprint density at radius 2 is 2.00 bits per heavy atom. The van der Waals surface area contributed by atoms with Crippen LogP contribution in [0.3, 0.4) is 0 Å². The SMILES string of the molecule is O=C(C1CC1)N1CCC[C@H](c2nc(-c3ccc(Cl)cc3)no2)C1. The third kappa shape index (κ3) is 3.11. The van der Waals surface area contributed by atoms with Crippen molar-refractivity contribution in [3.8, 4) is 11.4 Å². The molecule has 2 fully saturated rings. The molecule has 1 saturated heterocycles. The van der Waals surface area contributed by atoms with Gasteiger partial charge in [-0.05, 0) is 49.9 Å². The molecule has 2 aromatic rings. The van der Waals surface area contributed by atoms with Gasteiger partial charge in [-0.1, -0.05) is 16.8 Å². The maximum absolute atomic E-state index is 12.2. The molecule has 0 spiro atoms. The highest BCUT2D eigenvalue weighted by molar-refractivity contribution is 6.30. The first-order valence-corrected chi connectivity index (χ1v) is 8.47. The van der Waals surface area contributed by atoms with Gasteiger partial charge in [0, 0.05) is 29.6 Å². The maximum atomic E-state index is 12.2. The van der Waals surface area contributed by atoms with E-state index < -0.39 is 0 Å². The van der Waals surface area contributed by atoms with E-state index in [-0.39, 0.29) is 11.8 Å². The van der Waals surface area contributed by atoms with Gasteiger partial charge < -0.3 is 9.42 Å². The second-order valence-corrected chi connectivity index (χ2v) is 6.80. The van der Waals surface area contributed by atoms with Crippen molar-refractivity contribution in [1.29, 1.82) is 0 Å². The molecule has 0 bridgehead atoms. The number of nitrogens with zero attached hydrogens (tertiary/aromatic N) is 3. The Hall–Kier alpha value is -1.88. The molecule has 1 aromatic carbocycles. The van der Waals surface area contributed by atoms with Gasteiger partial charge in [-0.25, -0.2) is 0 Å². The first-order chi connectivity index (χ1) is 11.2. The molecule has 5 nitrogen and oxygen atoms in total. The summed E-state index contributed by atoms with van der Waals surface area (Å²) in [6.07, 6.45) is 4.06. The van der Waals surface area contributed by atoms with E-state index in [1.54, 1.807) is 0 Å². The molecule has 1 atom stereocenters. The summed E-state index contributed by atoms with van der Waals surface area (Å²) in [6, 6.07) is 7.37. The van der Waals surface area contributed by atoms with Crippen LogP contribution in [0.15, 0.2) is 28.8 Å². The van der Waals surface area contributed by atoms with Crippen LogP contribution in [0.5, 0.6) is 0 Å². The fourth-order valence-electron chi connectivity index (χ4n) is 3.08. The van der Waals surface area contributed by atoms with E-state index in [0.29, 0.717) is 29.2 Å². The molecule has 1 aromatic heterocycles. The van der Waals surface area contributed by atoms with E-state index >= 15 is 0 Å². The van der Waals surface area contributed by atoms with E-state index in [9.17, 15) is 4.79 Å². The predicted octanol–water partition coefficient (Wildman–Crippen LogP) is 3.51. The Morgan fingerprint density at radius 1 is 1.22 bits per heavy atom. The zero-order valence-corrected chi connectivity index (χ0v) is 13.5. The van der Waals surface area contributed by atoms with Crippen molar-refractivity contribution in [3.63, 3.8) is 0 Å². The Bertz CT molecular complexity index is 709. The number of benzene rings is 1. The van der Waals surface area contributed by atoms with E-state index in [1.165, 1.54) is 0 Å². The first kappa shape index (κ1) is 14.7. The van der Waals surface area contributed by atoms with Crippen molar-refractivity contribution in [3.05, 3.63) is 35.2 Å². The molecule has 6 heteroatoms. The van der Waals surface area contributed by atoms with Crippen LogP contribution in [-0.4, -0.2) is 34.0 Å². The minimum Gasteiger partial charge on any atom is -0.342 e. The maximum Gasteiger partial charge on any atom is 0.231 e. The number of halogens is 1. The largest absolute Gasteiger partial charge is 0.342 e. The van der Waals surface area contributed by atoms with Crippen LogP contribution in [0, 0.1) is 5.92 Å². The topological polar surface area (TPSA) is 59.2 Å². The molecule has 1 aliphatic heterocycles. The zero-order valence-electron chi connectivity index (χ0n) is 12.7. The lowest BCUT2D eigenvalue weighted by Gasteiger charge is -2.31. The summed E-state index contributed by atoms with van der Waals surface area (Å²) in [5.41, 5.74) is 0.881. The summed E-state index contributed by atoms with van der Waals surface area (Å²) in [6.45, 7) is 1.54. The lowest BCUT2D eigenvalue weighted by atomic mass is 9.97. The summed E-state index contributed by atoms with van der Waals surface area (Å²) in [4.78, 5) is 18.7. The van der Waals surface area contributed by atoms with Gasteiger partial charge in [0.25, 0.3) is 0 Å². The smallest absolute Gasteiger partial charge is 0.231 e. The van der Waals surface area contributed by atoms with Gasteiger partial charge >= 0.3 is 0 Å². The van der Waals surface area contributed by atoms with Gasteiger partial charge in [-0.15, -0.1) is 0 Å². The minimum absolute atomic E-state index is 0.139. The van der Waals surface area contributed by atoms with Gasteiger partial charge in [0.1, 0.15) is 0 Å². The zero-order chi connectivity index (χ0) is 15.8. The van der Waals surface area contributed by atoms with Crippen LogP contribution in [-0.2, 0) is 4.79 Å². The van der Waals surface area contributed by atoms with Gasteiger partial charge in [-0.3, -0.25) is 4.79 Å². The van der Waals surface area contributed by atoms with Crippen LogP contribution in [0.4, 0.5) is 0 Å². The van der Waals surface area contributed by atoms with Gasteiger partial charge in [0.05, 0.1) is 5.92 Å². The van der Waals surface area contributed by atoms with Crippen LogP contribution < -0.4 is 0 Å². The van der Waals surface area contributed by atoms with Crippen molar-refractivity contribution in [1.82, 2.24) is 15.0 Å². The predicted molar refractivity (Wildman–Crippen MR) is 86.0 cm³/mol. The van der Waals surface area contributed by atoms with E-state index in [1.807, 2.05) is 29.2 Å². The monoisotopic (exact) mass is 331 g/mol. The molecule has 0 radical (unpaired) electrons. The van der Waals surface area contributed by atoms with Crippen LogP contribution in [0.2, 0.25) is 5.02 Å². The third-order valence-electron chi connectivity index (χ3n) is 4.55. The highest BCUT2D eigenvalue weighted by Gasteiger charge is 2.36. The molecular weight excluding hydrogens is 314 g/mol. The molecule has 23 heavy (non-hydrogen) atoms. The molecular formula is C17H18ClN3O2. The quantitative estimate of drug-likeness (QED) is 0.863. The summed E-state index contributed by atoms with van der Waals surface area (Å²) in [5, 5.41) is 4.76. The lowest BCUT2D eigenvalue weighted by Crippen LogP contribution is -2.40. The summed E-state index contributed by atoms with van der Waals surface area (Å²) >= 11 is 5.90. The summed E-state index contributed by atoms with van der Waals surface area (Å²) < 4.78 is 5.46. The van der Waals surface area contributed by atoms with Crippen molar-refractivity contribution in [2.24, 2.45) is 5.92 Å². The number of rotatable bonds is 3. The molecule has 1 saturated carbocycles. The standard InChI is InChI=1S/C17H18ClN3O2/c18-14-7-5-11(6-8-14)15-19-16(23-20-15)13-2-1-9-21(10-13)17(22)12-3-4-12/h5-8,12-13H,1-4,9-10H2/t13-/m0/s1. The van der Waals surface area contributed by atoms with Gasteiger partial charge in [0.15, 0.2) is 0 Å². The van der Waals surface area contributed by atoms with Crippen molar-refractivity contribution < 1.29 is 9.32 Å². The molecule has 120 valence electrons. The van der Waals surface area contributed by atoms with E-state index in [0.717, 1.165) is 37.8 Å². The third-order valence-corrected chi connectivity index (χ3v) is 4.81. The average Bonchev–Trinajstić information content (AvgIpc) is 3.32. The number of carbonyl (C=O) groups excluding carboxylic acids is 1. The number of aromatic nitrogens is 2. The fraction of sp³-hybridized carbons (Fsp3) is 0.471. The summed E-state index contributed by atoms with van der Waals surface area (Å²) in [5.74, 6) is 1.90. The Labute approximate surface area is 139 Å². The molecule has 4 rings (SSSR count). The molecule has 1 aliphatic carbocycles. The van der Waals surface area contributed by atoms with Crippen LogP contribution in [0.1, 0.15) is 37.5 Å². The Morgan fingerprint density at radius 3 is 2.74 bits per heavy atom. The van der Waals surface area contributed by atoms with Crippen molar-refractivity contribution >= 4 is 17.5 Å². The molecule has 2 aliphatic rings. The number of amides is 1. The van der Waals surface area contributed by atoms with E-state index in [2.05, 4.69) is 10.1 Å². The fourth-order valence-corrected chi connectivity index (χ4v) is 3.21. The Balaban J connectivity index is 1.49. The minimum atomic E-state index is 0.139. The molecule has 2 heterocycles. The second-order valence-electron chi connectivity index (χ2n) is 6.36. The molecule has 1 amide bonds. The summed E-state index contributed by atoms with van der Waals surface area (Å²) in [7, 11) is 0. The van der Waals surface area contributed by atoms with Gasteiger partial charge in [0.2, 0.25) is 17.6 Å². The normalized spacial score (nSPS) is 21.4. The average molecular weight is 332 g/mol. The highest BCUT2D eigenvalue weighted by Crippen LogP contribution is 2.34. The number of likely N-dealkylation sites (tertiary alicyclic amines) is 1. The lowest BCUT2D eigenvalue weighted by molar-refractivity contribution is -0.133.